The molecule has 0 aliphatic rings. The Kier molecular flexibility index (Phi) is 9.06. The van der Waals surface area contributed by atoms with Crippen LogP contribution in [0.25, 0.3) is 0 Å². The van der Waals surface area contributed by atoms with E-state index in [1.54, 1.807) is 13.8 Å². The number of halogens is 3. The second-order valence-electron chi connectivity index (χ2n) is 6.33. The molecule has 0 aliphatic carbocycles. The van der Waals surface area contributed by atoms with Gasteiger partial charge in [0.15, 0.2) is 6.10 Å². The van der Waals surface area contributed by atoms with Crippen molar-refractivity contribution in [1.82, 2.24) is 10.3 Å². The topological polar surface area (TPSA) is 96.0 Å². The van der Waals surface area contributed by atoms with Crippen molar-refractivity contribution in [2.24, 2.45) is 0 Å². The number of nitrogens with zero attached hydrogens (tertiary/aromatic N) is 1. The average Bonchev–Trinajstić information content (AvgIpc) is 2.73. The number of aromatic nitrogens is 1. The fourth-order valence-electron chi connectivity index (χ4n) is 2.48. The van der Waals surface area contributed by atoms with Crippen molar-refractivity contribution in [2.45, 2.75) is 33.1 Å². The minimum Gasteiger partial charge on any atom is -0.481 e. The summed E-state index contributed by atoms with van der Waals surface area (Å²) in [6, 6.07) is 7.66. The molecule has 1 aromatic carbocycles. The SMILES string of the molecule is CCOP(=O)(CNC(=O)C(C)Oc1ccc(Oc2ncccc2C(F)(F)F)cc1)OCC. The zero-order chi connectivity index (χ0) is 23.8. The molecule has 2 rings (SSSR count). The van der Waals surface area contributed by atoms with Gasteiger partial charge in [-0.1, -0.05) is 0 Å². The highest BCUT2D eigenvalue weighted by Crippen LogP contribution is 2.46. The van der Waals surface area contributed by atoms with E-state index in [0.717, 1.165) is 6.07 Å². The molecule has 2 aromatic rings. The third kappa shape index (κ3) is 7.51. The lowest BCUT2D eigenvalue weighted by atomic mass is 10.2. The van der Waals surface area contributed by atoms with Crippen LogP contribution in [-0.2, 0) is 24.6 Å². The van der Waals surface area contributed by atoms with Crippen LogP contribution in [0.4, 0.5) is 13.2 Å². The number of carbonyl (C=O) groups excluding carboxylic acids is 1. The van der Waals surface area contributed by atoms with Gasteiger partial charge in [-0.3, -0.25) is 9.36 Å². The van der Waals surface area contributed by atoms with E-state index in [9.17, 15) is 22.5 Å². The van der Waals surface area contributed by atoms with E-state index >= 15 is 0 Å². The number of alkyl halides is 3. The zero-order valence-electron chi connectivity index (χ0n) is 17.7. The summed E-state index contributed by atoms with van der Waals surface area (Å²) < 4.78 is 72.5. The quantitative estimate of drug-likeness (QED) is 0.456. The first-order chi connectivity index (χ1) is 15.1. The van der Waals surface area contributed by atoms with E-state index in [1.807, 2.05) is 0 Å². The van der Waals surface area contributed by atoms with Crippen LogP contribution in [0.2, 0.25) is 0 Å². The zero-order valence-corrected chi connectivity index (χ0v) is 18.6. The second-order valence-corrected chi connectivity index (χ2v) is 8.39. The van der Waals surface area contributed by atoms with Crippen molar-refractivity contribution in [3.63, 3.8) is 0 Å². The largest absolute Gasteiger partial charge is 0.481 e. The Morgan fingerprint density at radius 3 is 2.25 bits per heavy atom. The maximum Gasteiger partial charge on any atom is 0.421 e. The monoisotopic (exact) mass is 476 g/mol. The Balaban J connectivity index is 1.96. The molecule has 1 heterocycles. The molecule has 1 aromatic heterocycles. The van der Waals surface area contributed by atoms with Crippen LogP contribution < -0.4 is 14.8 Å². The lowest BCUT2D eigenvalue weighted by Gasteiger charge is -2.19. The maximum atomic E-state index is 13.0. The number of ether oxygens (including phenoxy) is 2. The molecule has 1 N–H and O–H groups in total. The van der Waals surface area contributed by atoms with E-state index in [2.05, 4.69) is 10.3 Å². The van der Waals surface area contributed by atoms with Gasteiger partial charge in [0.2, 0.25) is 5.88 Å². The first-order valence-corrected chi connectivity index (χ1v) is 11.4. The number of pyridine rings is 1. The van der Waals surface area contributed by atoms with E-state index in [-0.39, 0.29) is 31.0 Å². The summed E-state index contributed by atoms with van der Waals surface area (Å²) >= 11 is 0. The van der Waals surface area contributed by atoms with E-state index in [4.69, 9.17) is 18.5 Å². The number of rotatable bonds is 11. The number of carbonyl (C=O) groups is 1. The second kappa shape index (κ2) is 11.3. The van der Waals surface area contributed by atoms with E-state index in [0.29, 0.717) is 0 Å². The molecule has 0 radical (unpaired) electrons. The van der Waals surface area contributed by atoms with Crippen molar-refractivity contribution in [1.29, 1.82) is 0 Å². The van der Waals surface area contributed by atoms with Crippen LogP contribution >= 0.6 is 7.60 Å². The number of hydrogen-bond donors (Lipinski definition) is 1. The molecule has 32 heavy (non-hydrogen) atoms. The van der Waals surface area contributed by atoms with Gasteiger partial charge in [0.25, 0.3) is 5.91 Å². The van der Waals surface area contributed by atoms with Gasteiger partial charge >= 0.3 is 13.8 Å². The number of hydrogen-bond acceptors (Lipinski definition) is 7. The predicted molar refractivity (Wildman–Crippen MR) is 110 cm³/mol. The van der Waals surface area contributed by atoms with Crippen molar-refractivity contribution in [3.8, 4) is 17.4 Å². The molecule has 8 nitrogen and oxygen atoms in total. The van der Waals surface area contributed by atoms with E-state index in [1.165, 1.54) is 43.5 Å². The minimum absolute atomic E-state index is 0.105. The highest BCUT2D eigenvalue weighted by atomic mass is 31.2. The van der Waals surface area contributed by atoms with Crippen molar-refractivity contribution in [2.75, 3.05) is 19.5 Å². The van der Waals surface area contributed by atoms with Gasteiger partial charge in [0.05, 0.1) is 13.2 Å². The van der Waals surface area contributed by atoms with Crippen LogP contribution in [0.3, 0.4) is 0 Å². The lowest BCUT2D eigenvalue weighted by molar-refractivity contribution is -0.138. The van der Waals surface area contributed by atoms with Crippen LogP contribution in [0.1, 0.15) is 26.3 Å². The van der Waals surface area contributed by atoms with Crippen LogP contribution in [0.15, 0.2) is 42.6 Å². The predicted octanol–water partition coefficient (Wildman–Crippen LogP) is 5.00. The summed E-state index contributed by atoms with van der Waals surface area (Å²) in [5.74, 6) is -0.745. The molecular formula is C20H24F3N2O6P. The minimum atomic E-state index is -4.61. The van der Waals surface area contributed by atoms with Crippen molar-refractivity contribution < 1.29 is 41.1 Å². The van der Waals surface area contributed by atoms with Crippen LogP contribution in [0, 0.1) is 0 Å². The first-order valence-electron chi connectivity index (χ1n) is 9.70. The molecule has 0 saturated carbocycles. The smallest absolute Gasteiger partial charge is 0.421 e. The molecule has 0 spiro atoms. The molecule has 176 valence electrons. The molecule has 0 aliphatic heterocycles. The fraction of sp³-hybridized carbons (Fsp3) is 0.400. The highest BCUT2D eigenvalue weighted by molar-refractivity contribution is 7.53. The standard InChI is InChI=1S/C20H24F3N2O6P/c1-4-28-32(27,29-5-2)13-25-18(26)14(3)30-15-8-10-16(11-9-15)31-19-17(20(21,22)23)7-6-12-24-19/h6-12,14H,4-5,13H2,1-3H3,(H,25,26). The maximum absolute atomic E-state index is 13.0. The Morgan fingerprint density at radius 2 is 1.69 bits per heavy atom. The summed E-state index contributed by atoms with van der Waals surface area (Å²) in [4.78, 5) is 15.9. The third-order valence-corrected chi connectivity index (χ3v) is 5.74. The molecule has 1 amide bonds. The van der Waals surface area contributed by atoms with Gasteiger partial charge in [-0.25, -0.2) is 4.98 Å². The molecule has 0 bridgehead atoms. The molecular weight excluding hydrogens is 452 g/mol. The van der Waals surface area contributed by atoms with Crippen LogP contribution in [0.5, 0.6) is 17.4 Å². The van der Waals surface area contributed by atoms with Gasteiger partial charge < -0.3 is 23.8 Å². The number of nitrogens with one attached hydrogen (secondary N) is 1. The normalized spacial score (nSPS) is 12.8. The third-order valence-electron chi connectivity index (χ3n) is 3.90. The molecule has 1 atom stereocenters. The Morgan fingerprint density at radius 1 is 1.09 bits per heavy atom. The summed E-state index contributed by atoms with van der Waals surface area (Å²) in [7, 11) is -3.44. The summed E-state index contributed by atoms with van der Waals surface area (Å²) in [6.07, 6.45) is -4.67. The van der Waals surface area contributed by atoms with Crippen molar-refractivity contribution in [3.05, 3.63) is 48.2 Å². The molecule has 0 saturated heterocycles. The summed E-state index contributed by atoms with van der Waals surface area (Å²) in [6.45, 7) is 5.12. The average molecular weight is 476 g/mol. The van der Waals surface area contributed by atoms with Gasteiger partial charge in [0, 0.05) is 6.20 Å². The Hall–Kier alpha value is -2.62. The van der Waals surface area contributed by atoms with Gasteiger partial charge in [0.1, 0.15) is 23.3 Å². The Bertz CT molecular complexity index is 930. The molecule has 0 fully saturated rings. The highest BCUT2D eigenvalue weighted by Gasteiger charge is 2.35. The van der Waals surface area contributed by atoms with Crippen molar-refractivity contribution >= 4 is 13.5 Å². The van der Waals surface area contributed by atoms with Gasteiger partial charge in [-0.15, -0.1) is 0 Å². The fourth-order valence-corrected chi connectivity index (χ4v) is 3.88. The number of benzene rings is 1. The van der Waals surface area contributed by atoms with Gasteiger partial charge in [-0.2, -0.15) is 13.2 Å². The Labute approximate surface area is 183 Å². The molecule has 12 heteroatoms. The van der Waals surface area contributed by atoms with Crippen LogP contribution in [-0.4, -0.2) is 36.5 Å². The van der Waals surface area contributed by atoms with Gasteiger partial charge in [-0.05, 0) is 57.2 Å². The number of amides is 1. The first kappa shape index (κ1) is 25.6. The van der Waals surface area contributed by atoms with E-state index < -0.39 is 37.2 Å². The summed E-state index contributed by atoms with van der Waals surface area (Å²) in [5.41, 5.74) is -0.998. The summed E-state index contributed by atoms with van der Waals surface area (Å²) in [5, 5.41) is 2.46. The molecule has 1 unspecified atom stereocenters. The lowest BCUT2D eigenvalue weighted by Crippen LogP contribution is -2.37.